The maximum absolute atomic E-state index is 13.0. The van der Waals surface area contributed by atoms with Crippen molar-refractivity contribution in [3.8, 4) is 0 Å². The number of amides is 1. The molecule has 0 spiro atoms. The third kappa shape index (κ3) is 4.76. The second kappa shape index (κ2) is 9.13. The molecule has 2 aromatic rings. The molecule has 1 heterocycles. The molecule has 25 heavy (non-hydrogen) atoms. The maximum Gasteiger partial charge on any atom is 0.257 e. The summed E-state index contributed by atoms with van der Waals surface area (Å²) < 4.78 is 0. The van der Waals surface area contributed by atoms with Crippen molar-refractivity contribution in [1.82, 2.24) is 14.9 Å². The van der Waals surface area contributed by atoms with Crippen LogP contribution in [-0.2, 0) is 6.54 Å². The number of aromatic nitrogens is 2. The molecule has 2 rings (SSSR count). The van der Waals surface area contributed by atoms with Gasteiger partial charge in [-0.25, -0.2) is 9.97 Å². The Labute approximate surface area is 148 Å². The number of nitrogens with one attached hydrogen (secondary N) is 1. The van der Waals surface area contributed by atoms with Crippen molar-refractivity contribution in [3.63, 3.8) is 0 Å². The summed E-state index contributed by atoms with van der Waals surface area (Å²) in [5.41, 5.74) is 2.60. The van der Waals surface area contributed by atoms with Gasteiger partial charge in [0.2, 0.25) is 5.95 Å². The van der Waals surface area contributed by atoms with E-state index in [1.807, 2.05) is 45.0 Å². The van der Waals surface area contributed by atoms with E-state index in [9.17, 15) is 9.90 Å². The number of aliphatic hydroxyl groups excluding tert-OH is 1. The molecule has 0 radical (unpaired) electrons. The molecule has 1 aromatic heterocycles. The average molecular weight is 342 g/mol. The van der Waals surface area contributed by atoms with Gasteiger partial charge in [0.25, 0.3) is 5.91 Å². The Hall–Kier alpha value is -2.47. The van der Waals surface area contributed by atoms with Gasteiger partial charge in [-0.1, -0.05) is 31.2 Å². The zero-order chi connectivity index (χ0) is 18.2. The Bertz CT molecular complexity index is 684. The lowest BCUT2D eigenvalue weighted by molar-refractivity contribution is 0.0562. The van der Waals surface area contributed by atoms with Crippen molar-refractivity contribution in [2.75, 3.05) is 18.5 Å². The Morgan fingerprint density at radius 3 is 2.48 bits per heavy atom. The van der Waals surface area contributed by atoms with Crippen LogP contribution in [0.25, 0.3) is 0 Å². The molecule has 1 amide bonds. The summed E-state index contributed by atoms with van der Waals surface area (Å²) in [5.74, 6) is 0.325. The number of anilines is 1. The first-order chi connectivity index (χ1) is 12.1. The fraction of sp³-hybridized carbons (Fsp3) is 0.421. The van der Waals surface area contributed by atoms with Crippen LogP contribution < -0.4 is 5.32 Å². The summed E-state index contributed by atoms with van der Waals surface area (Å²) >= 11 is 0. The van der Waals surface area contributed by atoms with E-state index in [-0.39, 0.29) is 18.6 Å². The molecule has 6 heteroatoms. The van der Waals surface area contributed by atoms with Gasteiger partial charge in [0, 0.05) is 25.5 Å². The first kappa shape index (κ1) is 18.9. The highest BCUT2D eigenvalue weighted by atomic mass is 16.3. The lowest BCUT2D eigenvalue weighted by atomic mass is 10.1. The summed E-state index contributed by atoms with van der Waals surface area (Å²) in [4.78, 5) is 23.1. The molecular formula is C19H26N4O2. The van der Waals surface area contributed by atoms with Crippen molar-refractivity contribution in [1.29, 1.82) is 0 Å². The molecule has 1 atom stereocenters. The second-order valence-electron chi connectivity index (χ2n) is 5.93. The molecule has 0 bridgehead atoms. The zero-order valence-corrected chi connectivity index (χ0v) is 15.1. The Balaban J connectivity index is 2.27. The first-order valence-corrected chi connectivity index (χ1v) is 8.62. The molecule has 1 aromatic carbocycles. The van der Waals surface area contributed by atoms with Gasteiger partial charge in [-0.05, 0) is 31.4 Å². The number of carbonyl (C=O) groups excluding carboxylic acids is 1. The predicted octanol–water partition coefficient (Wildman–Crippen LogP) is 2.63. The van der Waals surface area contributed by atoms with E-state index in [1.54, 1.807) is 4.90 Å². The average Bonchev–Trinajstić information content (AvgIpc) is 2.64. The minimum atomic E-state index is -0.249. The van der Waals surface area contributed by atoms with E-state index in [4.69, 9.17) is 0 Å². The van der Waals surface area contributed by atoms with Crippen LogP contribution in [0, 0.1) is 6.92 Å². The topological polar surface area (TPSA) is 78.4 Å². The molecule has 0 aliphatic carbocycles. The molecule has 0 fully saturated rings. The van der Waals surface area contributed by atoms with Gasteiger partial charge in [0.15, 0.2) is 0 Å². The molecule has 2 N–H and O–H groups in total. The van der Waals surface area contributed by atoms with Gasteiger partial charge in [-0.3, -0.25) is 4.79 Å². The lowest BCUT2D eigenvalue weighted by Gasteiger charge is -2.30. The van der Waals surface area contributed by atoms with Gasteiger partial charge in [0.1, 0.15) is 0 Å². The fourth-order valence-corrected chi connectivity index (χ4v) is 2.64. The number of aliphatic hydroxyl groups is 1. The Morgan fingerprint density at radius 1 is 1.24 bits per heavy atom. The van der Waals surface area contributed by atoms with Crippen LogP contribution in [0.1, 0.15) is 41.8 Å². The molecule has 0 unspecified atom stereocenters. The summed E-state index contributed by atoms with van der Waals surface area (Å²) in [7, 11) is 0. The molecule has 0 saturated carbocycles. The van der Waals surface area contributed by atoms with Gasteiger partial charge < -0.3 is 15.3 Å². The lowest BCUT2D eigenvalue weighted by Crippen LogP contribution is -2.42. The number of aryl methyl sites for hydroxylation is 1. The Morgan fingerprint density at radius 2 is 1.92 bits per heavy atom. The van der Waals surface area contributed by atoms with E-state index in [0.717, 1.165) is 17.7 Å². The molecule has 6 nitrogen and oxygen atoms in total. The standard InChI is InChI=1S/C19H26N4O2/c1-4-17(13-24)23(12-15-9-7-6-8-14(15)3)18(25)16-10-21-19(20-5-2)22-11-16/h6-11,17,24H,4-5,12-13H2,1-3H3,(H,20,21,22)/t17-/m0/s1. The molecule has 0 saturated heterocycles. The number of carbonyl (C=O) groups is 1. The second-order valence-corrected chi connectivity index (χ2v) is 5.93. The highest BCUT2D eigenvalue weighted by Crippen LogP contribution is 2.17. The van der Waals surface area contributed by atoms with Gasteiger partial charge >= 0.3 is 0 Å². The van der Waals surface area contributed by atoms with Crippen LogP contribution in [0.4, 0.5) is 5.95 Å². The van der Waals surface area contributed by atoms with Crippen LogP contribution in [0.15, 0.2) is 36.7 Å². The van der Waals surface area contributed by atoms with E-state index >= 15 is 0 Å². The highest BCUT2D eigenvalue weighted by molar-refractivity contribution is 5.94. The molecule has 134 valence electrons. The number of rotatable bonds is 8. The monoisotopic (exact) mass is 342 g/mol. The smallest absolute Gasteiger partial charge is 0.257 e. The number of hydrogen-bond donors (Lipinski definition) is 2. The van der Waals surface area contributed by atoms with Gasteiger partial charge in [-0.2, -0.15) is 0 Å². The molecule has 0 aliphatic heterocycles. The summed E-state index contributed by atoms with van der Waals surface area (Å²) in [6.45, 7) is 7.02. The van der Waals surface area contributed by atoms with Crippen molar-refractivity contribution in [3.05, 3.63) is 53.3 Å². The van der Waals surface area contributed by atoms with Crippen LogP contribution in [0.2, 0.25) is 0 Å². The maximum atomic E-state index is 13.0. The van der Waals surface area contributed by atoms with Gasteiger partial charge in [-0.15, -0.1) is 0 Å². The van der Waals surface area contributed by atoms with Crippen molar-refractivity contribution in [2.24, 2.45) is 0 Å². The number of benzene rings is 1. The fourth-order valence-electron chi connectivity index (χ4n) is 2.64. The van der Waals surface area contributed by atoms with Crippen LogP contribution >= 0.6 is 0 Å². The van der Waals surface area contributed by atoms with Gasteiger partial charge in [0.05, 0.1) is 18.2 Å². The molecule has 0 aliphatic rings. The van der Waals surface area contributed by atoms with E-state index in [0.29, 0.717) is 24.5 Å². The van der Waals surface area contributed by atoms with Crippen molar-refractivity contribution < 1.29 is 9.90 Å². The quantitative estimate of drug-likeness (QED) is 0.771. The van der Waals surface area contributed by atoms with Crippen LogP contribution in [0.3, 0.4) is 0 Å². The summed E-state index contributed by atoms with van der Waals surface area (Å²) in [5, 5.41) is 12.7. The van der Waals surface area contributed by atoms with Crippen molar-refractivity contribution in [2.45, 2.75) is 39.8 Å². The highest BCUT2D eigenvalue weighted by Gasteiger charge is 2.24. The normalized spacial score (nSPS) is 11.8. The number of hydrogen-bond acceptors (Lipinski definition) is 5. The summed E-state index contributed by atoms with van der Waals surface area (Å²) in [6.07, 6.45) is 3.73. The number of nitrogens with zero attached hydrogens (tertiary/aromatic N) is 3. The zero-order valence-electron chi connectivity index (χ0n) is 15.1. The largest absolute Gasteiger partial charge is 0.394 e. The SMILES string of the molecule is CCNc1ncc(C(=O)N(Cc2ccccc2C)[C@@H](CC)CO)cn1. The van der Waals surface area contributed by atoms with E-state index in [2.05, 4.69) is 15.3 Å². The Kier molecular flexibility index (Phi) is 6.89. The van der Waals surface area contributed by atoms with Crippen LogP contribution in [-0.4, -0.2) is 45.1 Å². The van der Waals surface area contributed by atoms with Crippen molar-refractivity contribution >= 4 is 11.9 Å². The summed E-state index contributed by atoms with van der Waals surface area (Å²) in [6, 6.07) is 7.71. The third-order valence-electron chi connectivity index (χ3n) is 4.22. The predicted molar refractivity (Wildman–Crippen MR) is 98.4 cm³/mol. The third-order valence-corrected chi connectivity index (χ3v) is 4.22. The van der Waals surface area contributed by atoms with Crippen LogP contribution in [0.5, 0.6) is 0 Å². The molecular weight excluding hydrogens is 316 g/mol. The van der Waals surface area contributed by atoms with E-state index in [1.165, 1.54) is 12.4 Å². The van der Waals surface area contributed by atoms with E-state index < -0.39 is 0 Å². The minimum Gasteiger partial charge on any atom is -0.394 e. The minimum absolute atomic E-state index is 0.0789. The first-order valence-electron chi connectivity index (χ1n) is 8.62.